The molecule has 0 unspecified atom stereocenters. The molecule has 32 heavy (non-hydrogen) atoms. The molecule has 150 valence electrons. The highest BCUT2D eigenvalue weighted by Crippen LogP contribution is 2.39. The van der Waals surface area contributed by atoms with E-state index in [0.717, 1.165) is 49.6 Å². The summed E-state index contributed by atoms with van der Waals surface area (Å²) in [6, 6.07) is 18.1. The summed E-state index contributed by atoms with van der Waals surface area (Å²) in [6.07, 6.45) is 10.9. The molecular formula is C25H15N7. The number of nitrogens with zero attached hydrogens (tertiary/aromatic N) is 7. The number of rotatable bonds is 2. The van der Waals surface area contributed by atoms with E-state index < -0.39 is 0 Å². The summed E-state index contributed by atoms with van der Waals surface area (Å²) in [5.74, 6) is 0.600. The number of hydrogen-bond donors (Lipinski definition) is 0. The number of hydrogen-bond acceptors (Lipinski definition) is 5. The molecular weight excluding hydrogens is 398 g/mol. The summed E-state index contributed by atoms with van der Waals surface area (Å²) in [7, 11) is 0. The molecule has 0 fully saturated rings. The third kappa shape index (κ3) is 2.22. The molecule has 6 aromatic heterocycles. The van der Waals surface area contributed by atoms with Gasteiger partial charge >= 0.3 is 0 Å². The standard InChI is InChI=1S/C25H15N7/c1-2-6-16(7-3-1)31-20-15-26-13-9-17(20)21-23-18(14-30-24(21)31)22-19(8-4-10-27-22)32(23)25-28-11-5-12-29-25/h1-15H. The van der Waals surface area contributed by atoms with Crippen molar-refractivity contribution in [2.24, 2.45) is 0 Å². The minimum absolute atomic E-state index is 0.600. The van der Waals surface area contributed by atoms with Gasteiger partial charge in [0.2, 0.25) is 5.95 Å². The monoisotopic (exact) mass is 413 g/mol. The predicted molar refractivity (Wildman–Crippen MR) is 124 cm³/mol. The van der Waals surface area contributed by atoms with Gasteiger partial charge in [-0.25, -0.2) is 15.0 Å². The first-order valence-corrected chi connectivity index (χ1v) is 10.3. The quantitative estimate of drug-likeness (QED) is 0.405. The minimum atomic E-state index is 0.600. The van der Waals surface area contributed by atoms with Crippen molar-refractivity contribution in [2.75, 3.05) is 0 Å². The molecule has 0 aliphatic carbocycles. The molecule has 7 heteroatoms. The van der Waals surface area contributed by atoms with E-state index in [1.807, 2.05) is 61.1 Å². The Morgan fingerprint density at radius 3 is 2.31 bits per heavy atom. The van der Waals surface area contributed by atoms with Gasteiger partial charge in [-0.1, -0.05) is 18.2 Å². The van der Waals surface area contributed by atoms with Gasteiger partial charge in [-0.15, -0.1) is 0 Å². The van der Waals surface area contributed by atoms with E-state index in [1.54, 1.807) is 18.6 Å². The fourth-order valence-corrected chi connectivity index (χ4v) is 4.56. The van der Waals surface area contributed by atoms with Crippen molar-refractivity contribution >= 4 is 43.9 Å². The second-order valence-corrected chi connectivity index (χ2v) is 7.54. The minimum Gasteiger partial charge on any atom is -0.292 e. The maximum atomic E-state index is 4.92. The predicted octanol–water partition coefficient (Wildman–Crippen LogP) is 4.86. The molecule has 0 spiro atoms. The molecule has 0 amide bonds. The maximum Gasteiger partial charge on any atom is 0.234 e. The van der Waals surface area contributed by atoms with E-state index in [0.29, 0.717) is 5.95 Å². The van der Waals surface area contributed by atoms with Crippen molar-refractivity contribution in [1.29, 1.82) is 0 Å². The van der Waals surface area contributed by atoms with E-state index in [2.05, 4.69) is 41.2 Å². The molecule has 1 aromatic carbocycles. The second kappa shape index (κ2) is 6.42. The molecule has 6 heterocycles. The highest BCUT2D eigenvalue weighted by Gasteiger charge is 2.22. The Hall–Kier alpha value is -4.65. The van der Waals surface area contributed by atoms with Gasteiger partial charge in [0.15, 0.2) is 0 Å². The van der Waals surface area contributed by atoms with Crippen LogP contribution in [0, 0.1) is 0 Å². The summed E-state index contributed by atoms with van der Waals surface area (Å²) in [5, 5.41) is 3.05. The fourth-order valence-electron chi connectivity index (χ4n) is 4.56. The fraction of sp³-hybridized carbons (Fsp3) is 0. The van der Waals surface area contributed by atoms with E-state index in [9.17, 15) is 0 Å². The Morgan fingerprint density at radius 2 is 1.44 bits per heavy atom. The Bertz CT molecular complexity index is 1770. The number of para-hydroxylation sites is 1. The highest BCUT2D eigenvalue weighted by atomic mass is 15.2. The molecule has 0 atom stereocenters. The van der Waals surface area contributed by atoms with Crippen LogP contribution in [0.3, 0.4) is 0 Å². The van der Waals surface area contributed by atoms with Crippen LogP contribution in [0.1, 0.15) is 0 Å². The molecule has 7 nitrogen and oxygen atoms in total. The molecule has 0 saturated carbocycles. The average Bonchev–Trinajstić information content (AvgIpc) is 3.38. The number of fused-ring (bicyclic) bond motifs is 7. The van der Waals surface area contributed by atoms with Crippen molar-refractivity contribution in [2.45, 2.75) is 0 Å². The third-order valence-corrected chi connectivity index (χ3v) is 5.83. The van der Waals surface area contributed by atoms with Crippen LogP contribution in [0.25, 0.3) is 55.5 Å². The molecule has 0 aliphatic heterocycles. The van der Waals surface area contributed by atoms with Crippen LogP contribution in [-0.2, 0) is 0 Å². The Labute approximate surface area is 181 Å². The van der Waals surface area contributed by atoms with Gasteiger partial charge < -0.3 is 0 Å². The largest absolute Gasteiger partial charge is 0.292 e. The zero-order valence-electron chi connectivity index (χ0n) is 16.8. The molecule has 7 rings (SSSR count). The Kier molecular flexibility index (Phi) is 3.43. The van der Waals surface area contributed by atoms with Crippen LogP contribution in [0.5, 0.6) is 0 Å². The van der Waals surface area contributed by atoms with Crippen molar-refractivity contribution in [3.8, 4) is 11.6 Å². The van der Waals surface area contributed by atoms with Crippen LogP contribution in [0.15, 0.2) is 91.8 Å². The molecule has 0 radical (unpaired) electrons. The first-order chi connectivity index (χ1) is 15.9. The van der Waals surface area contributed by atoms with Crippen LogP contribution in [-0.4, -0.2) is 34.1 Å². The van der Waals surface area contributed by atoms with Gasteiger partial charge in [-0.05, 0) is 36.4 Å². The summed E-state index contributed by atoms with van der Waals surface area (Å²) < 4.78 is 4.23. The molecule has 0 aliphatic rings. The van der Waals surface area contributed by atoms with E-state index >= 15 is 0 Å². The third-order valence-electron chi connectivity index (χ3n) is 5.83. The highest BCUT2D eigenvalue weighted by molar-refractivity contribution is 6.24. The lowest BCUT2D eigenvalue weighted by Gasteiger charge is -2.07. The SMILES string of the molecule is c1ccc(-n2c3cnccc3c3c2ncc2c4ncccc4n(-c4ncccn4)c23)cc1. The summed E-state index contributed by atoms with van der Waals surface area (Å²) in [6.45, 7) is 0. The van der Waals surface area contributed by atoms with Crippen molar-refractivity contribution in [3.63, 3.8) is 0 Å². The maximum absolute atomic E-state index is 4.92. The lowest BCUT2D eigenvalue weighted by atomic mass is 10.2. The van der Waals surface area contributed by atoms with Gasteiger partial charge in [-0.3, -0.25) is 19.1 Å². The molecule has 0 saturated heterocycles. The summed E-state index contributed by atoms with van der Waals surface area (Å²) >= 11 is 0. The average molecular weight is 413 g/mol. The van der Waals surface area contributed by atoms with Crippen LogP contribution < -0.4 is 0 Å². The van der Waals surface area contributed by atoms with Crippen molar-refractivity contribution in [1.82, 2.24) is 34.1 Å². The van der Waals surface area contributed by atoms with Gasteiger partial charge in [0.1, 0.15) is 5.65 Å². The topological polar surface area (TPSA) is 74.3 Å². The lowest BCUT2D eigenvalue weighted by molar-refractivity contribution is 0.989. The molecule has 7 aromatic rings. The Morgan fingerprint density at radius 1 is 0.594 bits per heavy atom. The Balaban J connectivity index is 1.77. The smallest absolute Gasteiger partial charge is 0.234 e. The summed E-state index contributed by atoms with van der Waals surface area (Å²) in [4.78, 5) is 23.1. The van der Waals surface area contributed by atoms with Crippen molar-refractivity contribution < 1.29 is 0 Å². The van der Waals surface area contributed by atoms with E-state index in [4.69, 9.17) is 4.98 Å². The number of pyridine rings is 3. The zero-order chi connectivity index (χ0) is 21.1. The van der Waals surface area contributed by atoms with Gasteiger partial charge in [0.05, 0.1) is 33.6 Å². The second-order valence-electron chi connectivity index (χ2n) is 7.54. The van der Waals surface area contributed by atoms with E-state index in [-0.39, 0.29) is 0 Å². The first kappa shape index (κ1) is 17.1. The van der Waals surface area contributed by atoms with Crippen molar-refractivity contribution in [3.05, 3.63) is 91.8 Å². The van der Waals surface area contributed by atoms with Gasteiger partial charge in [0.25, 0.3) is 0 Å². The van der Waals surface area contributed by atoms with E-state index in [1.165, 1.54) is 0 Å². The molecule has 0 N–H and O–H groups in total. The normalized spacial score (nSPS) is 11.8. The first-order valence-electron chi connectivity index (χ1n) is 10.3. The van der Waals surface area contributed by atoms with Crippen LogP contribution >= 0.6 is 0 Å². The molecule has 0 bridgehead atoms. The number of aromatic nitrogens is 7. The van der Waals surface area contributed by atoms with Crippen LogP contribution in [0.2, 0.25) is 0 Å². The summed E-state index contributed by atoms with van der Waals surface area (Å²) in [5.41, 5.74) is 5.68. The van der Waals surface area contributed by atoms with Gasteiger partial charge in [0, 0.05) is 47.4 Å². The zero-order valence-corrected chi connectivity index (χ0v) is 16.8. The van der Waals surface area contributed by atoms with Gasteiger partial charge in [-0.2, -0.15) is 0 Å². The van der Waals surface area contributed by atoms with Crippen LogP contribution in [0.4, 0.5) is 0 Å². The number of benzene rings is 1. The lowest BCUT2D eigenvalue weighted by Crippen LogP contribution is -2.00.